The third-order valence-electron chi connectivity index (χ3n) is 3.10. The third-order valence-corrected chi connectivity index (χ3v) is 3.10. The van der Waals surface area contributed by atoms with Crippen LogP contribution in [-0.4, -0.2) is 18.0 Å². The summed E-state index contributed by atoms with van der Waals surface area (Å²) in [5.74, 6) is -0.449. The normalized spacial score (nSPS) is 11.0. The first kappa shape index (κ1) is 15.4. The van der Waals surface area contributed by atoms with Crippen molar-refractivity contribution in [1.82, 2.24) is 0 Å². The second-order valence-corrected chi connectivity index (χ2v) is 4.68. The first-order chi connectivity index (χ1) is 10.6. The molecule has 0 aliphatic heterocycles. The molecule has 0 N–H and O–H groups in total. The summed E-state index contributed by atoms with van der Waals surface area (Å²) < 4.78 is 4.79. The van der Waals surface area contributed by atoms with E-state index in [2.05, 4.69) is 0 Å². The van der Waals surface area contributed by atoms with Gasteiger partial charge in [0.2, 0.25) is 0 Å². The van der Waals surface area contributed by atoms with E-state index in [-0.39, 0.29) is 12.1 Å². The summed E-state index contributed by atoms with van der Waals surface area (Å²) in [6, 6.07) is 15.6. The van der Waals surface area contributed by atoms with E-state index in [1.807, 2.05) is 30.3 Å². The van der Waals surface area contributed by atoms with Gasteiger partial charge in [-0.25, -0.2) is 4.79 Å². The third kappa shape index (κ3) is 4.02. The largest absolute Gasteiger partial charge is 0.466 e. The van der Waals surface area contributed by atoms with Crippen molar-refractivity contribution in [2.45, 2.75) is 6.42 Å². The zero-order valence-corrected chi connectivity index (χ0v) is 12.1. The molecular formula is C17H15NO4. The van der Waals surface area contributed by atoms with Gasteiger partial charge < -0.3 is 4.74 Å². The van der Waals surface area contributed by atoms with Gasteiger partial charge in [0, 0.05) is 24.1 Å². The number of methoxy groups -OCH3 is 1. The molecule has 0 radical (unpaired) electrons. The lowest BCUT2D eigenvalue weighted by Gasteiger charge is -2.06. The highest BCUT2D eigenvalue weighted by molar-refractivity contribution is 5.94. The zero-order chi connectivity index (χ0) is 15.9. The minimum Gasteiger partial charge on any atom is -0.466 e. The quantitative estimate of drug-likeness (QED) is 0.367. The highest BCUT2D eigenvalue weighted by atomic mass is 16.6. The second-order valence-electron chi connectivity index (χ2n) is 4.68. The van der Waals surface area contributed by atoms with Crippen LogP contribution in [0.15, 0.2) is 60.2 Å². The first-order valence-corrected chi connectivity index (χ1v) is 6.67. The fourth-order valence-electron chi connectivity index (χ4n) is 2.06. The van der Waals surface area contributed by atoms with Crippen molar-refractivity contribution in [1.29, 1.82) is 0 Å². The van der Waals surface area contributed by atoms with Crippen LogP contribution in [0.2, 0.25) is 0 Å². The molecule has 0 bridgehead atoms. The molecule has 2 rings (SSSR count). The van der Waals surface area contributed by atoms with Gasteiger partial charge in [-0.2, -0.15) is 0 Å². The number of rotatable bonds is 5. The predicted octanol–water partition coefficient (Wildman–Crippen LogP) is 3.39. The monoisotopic (exact) mass is 297 g/mol. The Balaban J connectivity index is 2.32. The lowest BCUT2D eigenvalue weighted by molar-refractivity contribution is -0.384. The number of nitro groups is 1. The molecule has 0 heterocycles. The number of nitrogens with zero attached hydrogens (tertiary/aromatic N) is 1. The summed E-state index contributed by atoms with van der Waals surface area (Å²) in [6.45, 7) is 0. The lowest BCUT2D eigenvalue weighted by atomic mass is 10.0. The van der Waals surface area contributed by atoms with Crippen molar-refractivity contribution in [3.05, 3.63) is 81.4 Å². The highest BCUT2D eigenvalue weighted by Crippen LogP contribution is 2.18. The number of carbonyl (C=O) groups excluding carboxylic acids is 1. The van der Waals surface area contributed by atoms with Gasteiger partial charge in [-0.15, -0.1) is 0 Å². The van der Waals surface area contributed by atoms with Gasteiger partial charge in [0.05, 0.1) is 12.0 Å². The molecule has 2 aromatic carbocycles. The minimum absolute atomic E-state index is 0.00132. The van der Waals surface area contributed by atoms with Gasteiger partial charge in [0.15, 0.2) is 0 Å². The van der Waals surface area contributed by atoms with Crippen molar-refractivity contribution >= 4 is 17.7 Å². The summed E-state index contributed by atoms with van der Waals surface area (Å²) in [5.41, 5.74) is 1.99. The van der Waals surface area contributed by atoms with Crippen LogP contribution >= 0.6 is 0 Å². The van der Waals surface area contributed by atoms with Crippen molar-refractivity contribution in [2.75, 3.05) is 7.11 Å². The predicted molar refractivity (Wildman–Crippen MR) is 83.2 cm³/mol. The summed E-state index contributed by atoms with van der Waals surface area (Å²) in [7, 11) is 1.31. The molecule has 0 spiro atoms. The Morgan fingerprint density at radius 2 is 1.91 bits per heavy atom. The van der Waals surface area contributed by atoms with E-state index in [0.717, 1.165) is 5.56 Å². The fourth-order valence-corrected chi connectivity index (χ4v) is 2.06. The van der Waals surface area contributed by atoms with Crippen LogP contribution in [0.1, 0.15) is 11.1 Å². The molecule has 0 amide bonds. The average molecular weight is 297 g/mol. The van der Waals surface area contributed by atoms with E-state index in [9.17, 15) is 14.9 Å². The molecule has 0 unspecified atom stereocenters. The van der Waals surface area contributed by atoms with Crippen LogP contribution in [0.5, 0.6) is 0 Å². The molecular weight excluding hydrogens is 282 g/mol. The molecule has 0 saturated heterocycles. The van der Waals surface area contributed by atoms with Crippen molar-refractivity contribution in [3.63, 3.8) is 0 Å². The standard InChI is InChI=1S/C17H15NO4/c1-22-17(19)15(10-13-6-3-2-4-7-13)11-14-8-5-9-16(12-14)18(20)21/h2-10,12H,11H2,1H3/b15-10+. The van der Waals surface area contributed by atoms with E-state index in [4.69, 9.17) is 4.74 Å². The highest BCUT2D eigenvalue weighted by Gasteiger charge is 2.13. The molecule has 5 nitrogen and oxygen atoms in total. The Hall–Kier alpha value is -2.95. The van der Waals surface area contributed by atoms with Gasteiger partial charge >= 0.3 is 5.97 Å². The number of carbonyl (C=O) groups is 1. The zero-order valence-electron chi connectivity index (χ0n) is 12.1. The maximum Gasteiger partial charge on any atom is 0.334 e. The summed E-state index contributed by atoms with van der Waals surface area (Å²) in [6.07, 6.45) is 1.99. The van der Waals surface area contributed by atoms with Crippen LogP contribution < -0.4 is 0 Å². The van der Waals surface area contributed by atoms with Gasteiger partial charge in [0.25, 0.3) is 5.69 Å². The smallest absolute Gasteiger partial charge is 0.334 e. The molecule has 0 aromatic heterocycles. The number of nitro benzene ring substituents is 1. The first-order valence-electron chi connectivity index (χ1n) is 6.67. The molecule has 5 heteroatoms. The number of non-ortho nitro benzene ring substituents is 1. The van der Waals surface area contributed by atoms with Gasteiger partial charge in [-0.1, -0.05) is 42.5 Å². The maximum atomic E-state index is 11.9. The van der Waals surface area contributed by atoms with Crippen molar-refractivity contribution in [2.24, 2.45) is 0 Å². The number of hydrogen-bond acceptors (Lipinski definition) is 4. The Morgan fingerprint density at radius 1 is 1.18 bits per heavy atom. The SMILES string of the molecule is COC(=O)/C(=C/c1ccccc1)Cc1cccc([N+](=O)[O-])c1. The molecule has 0 atom stereocenters. The van der Waals surface area contributed by atoms with Crippen LogP contribution in [0.25, 0.3) is 6.08 Å². The van der Waals surface area contributed by atoms with Crippen LogP contribution in [0.4, 0.5) is 5.69 Å². The summed E-state index contributed by atoms with van der Waals surface area (Å²) >= 11 is 0. The van der Waals surface area contributed by atoms with E-state index in [0.29, 0.717) is 11.1 Å². The Morgan fingerprint density at radius 3 is 2.55 bits per heavy atom. The van der Waals surface area contributed by atoms with Crippen molar-refractivity contribution < 1.29 is 14.5 Å². The van der Waals surface area contributed by atoms with Gasteiger partial charge in [-0.3, -0.25) is 10.1 Å². The van der Waals surface area contributed by atoms with Gasteiger partial charge in [-0.05, 0) is 17.2 Å². The number of benzene rings is 2. The maximum absolute atomic E-state index is 11.9. The van der Waals surface area contributed by atoms with Crippen LogP contribution in [0.3, 0.4) is 0 Å². The summed E-state index contributed by atoms with van der Waals surface area (Å²) in [5, 5.41) is 10.8. The van der Waals surface area contributed by atoms with E-state index in [1.165, 1.54) is 19.2 Å². The van der Waals surface area contributed by atoms with Gasteiger partial charge in [0.1, 0.15) is 0 Å². The molecule has 2 aromatic rings. The number of hydrogen-bond donors (Lipinski definition) is 0. The Bertz CT molecular complexity index is 708. The number of ether oxygens (including phenoxy) is 1. The van der Waals surface area contributed by atoms with E-state index < -0.39 is 10.9 Å². The van der Waals surface area contributed by atoms with E-state index in [1.54, 1.807) is 18.2 Å². The summed E-state index contributed by atoms with van der Waals surface area (Å²) in [4.78, 5) is 22.3. The Labute approximate surface area is 128 Å². The number of esters is 1. The van der Waals surface area contributed by atoms with Crippen LogP contribution in [0, 0.1) is 10.1 Å². The fraction of sp³-hybridized carbons (Fsp3) is 0.118. The molecule has 0 aliphatic carbocycles. The molecule has 0 aliphatic rings. The van der Waals surface area contributed by atoms with Crippen LogP contribution in [-0.2, 0) is 16.0 Å². The molecule has 0 fully saturated rings. The molecule has 112 valence electrons. The molecule has 0 saturated carbocycles. The second kappa shape index (κ2) is 7.17. The topological polar surface area (TPSA) is 69.4 Å². The van der Waals surface area contributed by atoms with E-state index >= 15 is 0 Å². The molecule has 22 heavy (non-hydrogen) atoms. The average Bonchev–Trinajstić information content (AvgIpc) is 2.54. The Kier molecular flexibility index (Phi) is 5.03. The van der Waals surface area contributed by atoms with Crippen molar-refractivity contribution in [3.8, 4) is 0 Å². The minimum atomic E-state index is -0.456. The lowest BCUT2D eigenvalue weighted by Crippen LogP contribution is -2.07.